The molecule has 1 aromatic rings. The van der Waals surface area contributed by atoms with Gasteiger partial charge in [-0.1, -0.05) is 44.2 Å². The standard InChI is InChI=1S/C10H14OSi/c1-8(2)12-10(11)9-6-4-3-5-7-9/h3-8H,12H2,1-2H3. The van der Waals surface area contributed by atoms with Gasteiger partial charge >= 0.3 is 0 Å². The first kappa shape index (κ1) is 9.20. The van der Waals surface area contributed by atoms with E-state index in [-0.39, 0.29) is 0 Å². The summed E-state index contributed by atoms with van der Waals surface area (Å²) in [6.45, 7) is 4.24. The van der Waals surface area contributed by atoms with E-state index in [1.165, 1.54) is 0 Å². The van der Waals surface area contributed by atoms with Gasteiger partial charge in [-0.05, 0) is 5.54 Å². The molecule has 0 N–H and O–H groups in total. The minimum Gasteiger partial charge on any atom is -0.301 e. The van der Waals surface area contributed by atoms with Crippen LogP contribution >= 0.6 is 0 Å². The van der Waals surface area contributed by atoms with E-state index in [2.05, 4.69) is 13.8 Å². The third-order valence-electron chi connectivity index (χ3n) is 1.69. The minimum absolute atomic E-state index is 0.380. The van der Waals surface area contributed by atoms with Crippen LogP contribution in [-0.2, 0) is 0 Å². The lowest BCUT2D eigenvalue weighted by molar-refractivity contribution is 0.107. The molecule has 0 aliphatic carbocycles. The molecule has 0 fully saturated rings. The third kappa shape index (κ3) is 2.62. The summed E-state index contributed by atoms with van der Waals surface area (Å²) in [6.07, 6.45) is 0. The van der Waals surface area contributed by atoms with E-state index in [9.17, 15) is 4.79 Å². The Hall–Kier alpha value is -0.893. The van der Waals surface area contributed by atoms with Crippen molar-refractivity contribution in [3.63, 3.8) is 0 Å². The highest BCUT2D eigenvalue weighted by Crippen LogP contribution is 2.04. The Balaban J connectivity index is 2.66. The molecule has 0 saturated heterocycles. The predicted molar refractivity (Wildman–Crippen MR) is 54.4 cm³/mol. The van der Waals surface area contributed by atoms with Crippen LogP contribution in [0.5, 0.6) is 0 Å². The van der Waals surface area contributed by atoms with Crippen molar-refractivity contribution in [3.8, 4) is 0 Å². The van der Waals surface area contributed by atoms with Crippen LogP contribution in [0.15, 0.2) is 30.3 Å². The highest BCUT2D eigenvalue weighted by atomic mass is 28.2. The molecule has 0 saturated carbocycles. The first-order valence-corrected chi connectivity index (χ1v) is 5.80. The summed E-state index contributed by atoms with van der Waals surface area (Å²) < 4.78 is 0. The van der Waals surface area contributed by atoms with E-state index in [1.807, 2.05) is 30.3 Å². The summed E-state index contributed by atoms with van der Waals surface area (Å²) in [4.78, 5) is 11.5. The van der Waals surface area contributed by atoms with Gasteiger partial charge in [0.25, 0.3) is 0 Å². The van der Waals surface area contributed by atoms with E-state index in [1.54, 1.807) is 0 Å². The lowest BCUT2D eigenvalue weighted by atomic mass is 10.2. The monoisotopic (exact) mass is 178 g/mol. The fourth-order valence-corrected chi connectivity index (χ4v) is 2.33. The molecule has 0 unspecified atom stereocenters. The average molecular weight is 178 g/mol. The van der Waals surface area contributed by atoms with Gasteiger partial charge in [-0.25, -0.2) is 0 Å². The summed E-state index contributed by atoms with van der Waals surface area (Å²) in [6, 6.07) is 9.58. The smallest absolute Gasteiger partial charge is 0.133 e. The number of rotatable bonds is 3. The first-order chi connectivity index (χ1) is 5.70. The van der Waals surface area contributed by atoms with Crippen LogP contribution in [0.3, 0.4) is 0 Å². The Morgan fingerprint density at radius 1 is 1.25 bits per heavy atom. The summed E-state index contributed by atoms with van der Waals surface area (Å²) >= 11 is 0. The molecule has 0 aliphatic heterocycles. The van der Waals surface area contributed by atoms with Crippen molar-refractivity contribution in [2.24, 2.45) is 0 Å². The second-order valence-electron chi connectivity index (χ2n) is 3.39. The maximum atomic E-state index is 11.5. The van der Waals surface area contributed by atoms with Crippen LogP contribution in [0.2, 0.25) is 5.54 Å². The summed E-state index contributed by atoms with van der Waals surface area (Å²) in [5, 5.41) is 0.380. The van der Waals surface area contributed by atoms with Crippen molar-refractivity contribution in [3.05, 3.63) is 35.9 Å². The zero-order valence-electron chi connectivity index (χ0n) is 7.58. The molecule has 1 aromatic carbocycles. The van der Waals surface area contributed by atoms with Crippen LogP contribution in [0.25, 0.3) is 0 Å². The van der Waals surface area contributed by atoms with E-state index in [0.29, 0.717) is 10.9 Å². The molecule has 1 rings (SSSR count). The van der Waals surface area contributed by atoms with Gasteiger partial charge in [-0.3, -0.25) is 0 Å². The SMILES string of the molecule is CC(C)[SiH2]C(=O)c1ccccc1. The fourth-order valence-electron chi connectivity index (χ4n) is 1.11. The van der Waals surface area contributed by atoms with Crippen molar-refractivity contribution in [1.29, 1.82) is 0 Å². The van der Waals surface area contributed by atoms with E-state index in [4.69, 9.17) is 0 Å². The van der Waals surface area contributed by atoms with Crippen molar-refractivity contribution < 1.29 is 4.79 Å². The fraction of sp³-hybridized carbons (Fsp3) is 0.300. The number of carbonyl (C=O) groups excluding carboxylic acids is 1. The van der Waals surface area contributed by atoms with Crippen LogP contribution < -0.4 is 0 Å². The molecule has 1 nitrogen and oxygen atoms in total. The molecule has 0 spiro atoms. The largest absolute Gasteiger partial charge is 0.301 e. The van der Waals surface area contributed by atoms with Gasteiger partial charge < -0.3 is 4.79 Å². The Bertz CT molecular complexity index is 254. The number of hydrogen-bond donors (Lipinski definition) is 0. The average Bonchev–Trinajstić information content (AvgIpc) is 2.05. The summed E-state index contributed by atoms with van der Waals surface area (Å²) in [7, 11) is -0.567. The molecule has 0 atom stereocenters. The number of hydrogen-bond acceptors (Lipinski definition) is 1. The molecule has 0 bridgehead atoms. The first-order valence-electron chi connectivity index (χ1n) is 4.28. The minimum atomic E-state index is -0.567. The maximum Gasteiger partial charge on any atom is 0.133 e. The Morgan fingerprint density at radius 2 is 1.83 bits per heavy atom. The topological polar surface area (TPSA) is 17.1 Å². The van der Waals surface area contributed by atoms with Crippen LogP contribution in [0.4, 0.5) is 0 Å². The normalized spacial score (nSPS) is 11.2. The van der Waals surface area contributed by atoms with Crippen molar-refractivity contribution >= 4 is 14.9 Å². The number of benzene rings is 1. The lowest BCUT2D eigenvalue weighted by Crippen LogP contribution is -2.11. The van der Waals surface area contributed by atoms with Gasteiger partial charge in [-0.15, -0.1) is 0 Å². The zero-order chi connectivity index (χ0) is 8.97. The molecule has 0 heterocycles. The lowest BCUT2D eigenvalue weighted by Gasteiger charge is -2.01. The molecule has 0 amide bonds. The van der Waals surface area contributed by atoms with E-state index < -0.39 is 9.52 Å². The van der Waals surface area contributed by atoms with Gasteiger partial charge in [0, 0.05) is 5.56 Å². The highest BCUT2D eigenvalue weighted by Gasteiger charge is 2.07. The van der Waals surface area contributed by atoms with Crippen molar-refractivity contribution in [2.45, 2.75) is 19.4 Å². The van der Waals surface area contributed by atoms with Crippen LogP contribution in [0, 0.1) is 0 Å². The van der Waals surface area contributed by atoms with Crippen molar-refractivity contribution in [1.82, 2.24) is 0 Å². The van der Waals surface area contributed by atoms with Gasteiger partial charge in [-0.2, -0.15) is 0 Å². The van der Waals surface area contributed by atoms with Gasteiger partial charge in [0.15, 0.2) is 0 Å². The molecule has 0 aromatic heterocycles. The molecule has 2 heteroatoms. The van der Waals surface area contributed by atoms with E-state index in [0.717, 1.165) is 5.56 Å². The molecular formula is C10H14OSi. The van der Waals surface area contributed by atoms with Gasteiger partial charge in [0.05, 0.1) is 0 Å². The van der Waals surface area contributed by atoms with Crippen molar-refractivity contribution in [2.75, 3.05) is 0 Å². The summed E-state index contributed by atoms with van der Waals surface area (Å²) in [5.74, 6) is 0. The predicted octanol–water partition coefficient (Wildman–Crippen LogP) is 1.82. The van der Waals surface area contributed by atoms with Crippen LogP contribution in [0.1, 0.15) is 24.2 Å². The van der Waals surface area contributed by atoms with Gasteiger partial charge in [0.2, 0.25) is 0 Å². The van der Waals surface area contributed by atoms with Crippen LogP contribution in [-0.4, -0.2) is 14.9 Å². The molecule has 0 radical (unpaired) electrons. The number of carbonyl (C=O) groups is 1. The quantitative estimate of drug-likeness (QED) is 0.645. The highest BCUT2D eigenvalue weighted by molar-refractivity contribution is 6.78. The molecule has 0 aliphatic rings. The molecular weight excluding hydrogens is 164 g/mol. The zero-order valence-corrected chi connectivity index (χ0v) is 8.99. The maximum absolute atomic E-state index is 11.5. The second kappa shape index (κ2) is 4.21. The Morgan fingerprint density at radius 3 is 2.33 bits per heavy atom. The Labute approximate surface area is 75.6 Å². The molecule has 64 valence electrons. The molecule has 12 heavy (non-hydrogen) atoms. The third-order valence-corrected chi connectivity index (χ3v) is 3.28. The Kier molecular flexibility index (Phi) is 3.23. The second-order valence-corrected chi connectivity index (χ2v) is 6.07. The van der Waals surface area contributed by atoms with Gasteiger partial charge in [0.1, 0.15) is 14.9 Å². The van der Waals surface area contributed by atoms with E-state index >= 15 is 0 Å². The summed E-state index contributed by atoms with van der Waals surface area (Å²) in [5.41, 5.74) is 1.47.